The Bertz CT molecular complexity index is 1120. The number of ether oxygens (including phenoxy) is 1. The van der Waals surface area contributed by atoms with Gasteiger partial charge in [-0.3, -0.25) is 9.69 Å². The Morgan fingerprint density at radius 3 is 2.15 bits per heavy atom. The Morgan fingerprint density at radius 2 is 1.56 bits per heavy atom. The van der Waals surface area contributed by atoms with Crippen LogP contribution in [0.25, 0.3) is 0 Å². The molecule has 184 valence electrons. The molecule has 2 aliphatic rings. The molecule has 5 nitrogen and oxygen atoms in total. The van der Waals surface area contributed by atoms with E-state index in [2.05, 4.69) is 37.2 Å². The summed E-state index contributed by atoms with van der Waals surface area (Å²) in [5, 5.41) is 2.14. The van der Waals surface area contributed by atoms with Crippen LogP contribution in [0.3, 0.4) is 0 Å². The quantitative estimate of drug-likeness (QED) is 0.349. The van der Waals surface area contributed by atoms with Gasteiger partial charge in [0.25, 0.3) is 11.8 Å². The number of benzene rings is 2. The number of carbonyl (C=O) groups excluding carboxylic acids is 2. The second kappa shape index (κ2) is 9.49. The molecule has 0 bridgehead atoms. The molecule has 2 aromatic carbocycles. The van der Waals surface area contributed by atoms with Crippen LogP contribution in [0.2, 0.25) is 0 Å². The highest BCUT2D eigenvalue weighted by molar-refractivity contribution is 9.10. The molecule has 0 unspecified atom stereocenters. The van der Waals surface area contributed by atoms with Gasteiger partial charge in [0.15, 0.2) is 0 Å². The van der Waals surface area contributed by atoms with Crippen LogP contribution in [0.15, 0.2) is 45.3 Å². The number of fused-ring (bicyclic) bond motifs is 2. The SMILES string of the molecule is CC(C)(C)OC(=O)N1Cc2ccc(Br)cc2C(F)(F)C1.O=C1NCc2ccc(Br)cc2C1(F)F. The summed E-state index contributed by atoms with van der Waals surface area (Å²) in [5.41, 5.74) is -0.0535. The van der Waals surface area contributed by atoms with E-state index in [0.717, 1.165) is 4.90 Å². The molecule has 1 N–H and O–H groups in total. The Balaban J connectivity index is 0.000000202. The van der Waals surface area contributed by atoms with Gasteiger partial charge in [-0.2, -0.15) is 17.6 Å². The maximum absolute atomic E-state index is 14.2. The summed E-state index contributed by atoms with van der Waals surface area (Å²) < 4.78 is 61.3. The molecule has 0 saturated carbocycles. The number of carbonyl (C=O) groups is 2. The van der Waals surface area contributed by atoms with Crippen LogP contribution in [-0.2, 0) is 34.5 Å². The van der Waals surface area contributed by atoms with Gasteiger partial charge >= 0.3 is 12.0 Å². The molecule has 34 heavy (non-hydrogen) atoms. The van der Waals surface area contributed by atoms with Gasteiger partial charge in [-0.15, -0.1) is 0 Å². The predicted octanol–water partition coefficient (Wildman–Crippen LogP) is 6.46. The lowest BCUT2D eigenvalue weighted by Gasteiger charge is -2.35. The van der Waals surface area contributed by atoms with Crippen molar-refractivity contribution in [3.05, 3.63) is 67.6 Å². The number of rotatable bonds is 0. The van der Waals surface area contributed by atoms with Crippen molar-refractivity contribution in [2.45, 2.75) is 51.3 Å². The van der Waals surface area contributed by atoms with Gasteiger partial charge in [0, 0.05) is 33.2 Å². The highest BCUT2D eigenvalue weighted by atomic mass is 79.9. The Morgan fingerprint density at radius 1 is 1.00 bits per heavy atom. The molecular formula is C23H22Br2F4N2O3. The van der Waals surface area contributed by atoms with Gasteiger partial charge in [-0.25, -0.2) is 4.79 Å². The van der Waals surface area contributed by atoms with Crippen LogP contribution >= 0.6 is 31.9 Å². The van der Waals surface area contributed by atoms with E-state index in [9.17, 15) is 27.2 Å². The van der Waals surface area contributed by atoms with E-state index in [4.69, 9.17) is 4.74 Å². The van der Waals surface area contributed by atoms with Crippen LogP contribution in [0.1, 0.15) is 43.0 Å². The largest absolute Gasteiger partial charge is 0.444 e. The van der Waals surface area contributed by atoms with E-state index in [-0.39, 0.29) is 24.2 Å². The van der Waals surface area contributed by atoms with Crippen molar-refractivity contribution in [2.75, 3.05) is 6.54 Å². The van der Waals surface area contributed by atoms with Crippen LogP contribution in [0.4, 0.5) is 22.4 Å². The molecule has 11 heteroatoms. The summed E-state index contributed by atoms with van der Waals surface area (Å²) in [7, 11) is 0. The Labute approximate surface area is 211 Å². The third-order valence-electron chi connectivity index (χ3n) is 5.00. The number of nitrogens with one attached hydrogen (secondary N) is 1. The van der Waals surface area contributed by atoms with Crippen molar-refractivity contribution in [2.24, 2.45) is 0 Å². The summed E-state index contributed by atoms with van der Waals surface area (Å²) in [4.78, 5) is 23.9. The van der Waals surface area contributed by atoms with Crippen molar-refractivity contribution in [3.63, 3.8) is 0 Å². The van der Waals surface area contributed by atoms with Gasteiger partial charge in [0.2, 0.25) is 0 Å². The van der Waals surface area contributed by atoms with Crippen LogP contribution < -0.4 is 5.32 Å². The zero-order chi connectivity index (χ0) is 25.5. The third kappa shape index (κ3) is 5.91. The first kappa shape index (κ1) is 26.5. The van der Waals surface area contributed by atoms with Crippen LogP contribution in [-0.4, -0.2) is 29.0 Å². The summed E-state index contributed by atoms with van der Waals surface area (Å²) in [6.07, 6.45) is -0.717. The van der Waals surface area contributed by atoms with Gasteiger partial charge in [-0.1, -0.05) is 44.0 Å². The van der Waals surface area contributed by atoms with Gasteiger partial charge in [0.1, 0.15) is 5.60 Å². The van der Waals surface area contributed by atoms with Crippen LogP contribution in [0, 0.1) is 0 Å². The summed E-state index contributed by atoms with van der Waals surface area (Å²) in [6, 6.07) is 9.23. The van der Waals surface area contributed by atoms with E-state index in [1.165, 1.54) is 12.1 Å². The number of hydrogen-bond donors (Lipinski definition) is 1. The molecule has 0 atom stereocenters. The normalized spacial score (nSPS) is 18.0. The molecule has 2 aromatic rings. The second-order valence-corrected chi connectivity index (χ2v) is 10.7. The molecule has 0 aliphatic carbocycles. The number of alkyl halides is 4. The molecule has 2 aliphatic heterocycles. The fourth-order valence-corrected chi connectivity index (χ4v) is 4.20. The molecule has 2 heterocycles. The molecule has 0 saturated heterocycles. The van der Waals surface area contributed by atoms with Crippen molar-refractivity contribution in [3.8, 4) is 0 Å². The molecule has 4 rings (SSSR count). The van der Waals surface area contributed by atoms with E-state index in [0.29, 0.717) is 20.1 Å². The minimum absolute atomic E-state index is 0.0355. The lowest BCUT2D eigenvalue weighted by atomic mass is 9.97. The zero-order valence-electron chi connectivity index (χ0n) is 18.5. The second-order valence-electron chi connectivity index (χ2n) is 8.90. The minimum atomic E-state index is -3.42. The lowest BCUT2D eigenvalue weighted by molar-refractivity contribution is -0.148. The van der Waals surface area contributed by atoms with Crippen LogP contribution in [0.5, 0.6) is 0 Å². The van der Waals surface area contributed by atoms with E-state index in [1.54, 1.807) is 45.0 Å². The van der Waals surface area contributed by atoms with Crippen molar-refractivity contribution < 1.29 is 31.9 Å². The highest BCUT2D eigenvalue weighted by Gasteiger charge is 2.45. The predicted molar refractivity (Wildman–Crippen MR) is 125 cm³/mol. The van der Waals surface area contributed by atoms with Crippen molar-refractivity contribution in [1.29, 1.82) is 0 Å². The van der Waals surface area contributed by atoms with E-state index >= 15 is 0 Å². The van der Waals surface area contributed by atoms with Crippen molar-refractivity contribution in [1.82, 2.24) is 10.2 Å². The summed E-state index contributed by atoms with van der Waals surface area (Å²) in [5.74, 6) is -7.73. The van der Waals surface area contributed by atoms with Gasteiger partial charge < -0.3 is 10.1 Å². The molecule has 0 aromatic heterocycles. The molecule has 0 radical (unpaired) electrons. The Kier molecular flexibility index (Phi) is 7.38. The number of halogens is 6. The lowest BCUT2D eigenvalue weighted by Crippen LogP contribution is -2.45. The number of amides is 2. The maximum atomic E-state index is 14.2. The third-order valence-corrected chi connectivity index (χ3v) is 5.99. The molecule has 0 spiro atoms. The van der Waals surface area contributed by atoms with E-state index in [1.807, 2.05) is 0 Å². The molecule has 0 fully saturated rings. The average Bonchev–Trinajstić information content (AvgIpc) is 2.71. The topological polar surface area (TPSA) is 58.6 Å². The fourth-order valence-electron chi connectivity index (χ4n) is 3.47. The summed E-state index contributed by atoms with van der Waals surface area (Å²) in [6.45, 7) is 4.75. The first-order valence-corrected chi connectivity index (χ1v) is 11.8. The first-order valence-electron chi connectivity index (χ1n) is 10.2. The highest BCUT2D eigenvalue weighted by Crippen LogP contribution is 2.38. The Hall–Kier alpha value is -2.14. The first-order chi connectivity index (χ1) is 15.6. The monoisotopic (exact) mass is 608 g/mol. The van der Waals surface area contributed by atoms with Gasteiger partial charge in [-0.05, 0) is 56.2 Å². The smallest absolute Gasteiger partial charge is 0.410 e. The number of hydrogen-bond acceptors (Lipinski definition) is 3. The standard InChI is InChI=1S/C14H16BrF2NO2.C9H6BrF2NO/c1-13(2,3)20-12(19)18-7-9-4-5-10(15)6-11(9)14(16,17)8-18;10-6-2-1-5-4-13-8(14)9(11,12)7(5)3-6/h4-6H,7-8H2,1-3H3;1-3H,4H2,(H,13,14). The van der Waals surface area contributed by atoms with Crippen molar-refractivity contribution >= 4 is 43.9 Å². The minimum Gasteiger partial charge on any atom is -0.444 e. The zero-order valence-corrected chi connectivity index (χ0v) is 21.7. The fraction of sp³-hybridized carbons (Fsp3) is 0.391. The van der Waals surface area contributed by atoms with E-state index < -0.39 is 36.0 Å². The van der Waals surface area contributed by atoms with Gasteiger partial charge in [0.05, 0.1) is 6.54 Å². The maximum Gasteiger partial charge on any atom is 0.410 e. The average molecular weight is 610 g/mol. The number of nitrogens with zero attached hydrogens (tertiary/aromatic N) is 1. The summed E-state index contributed by atoms with van der Waals surface area (Å²) >= 11 is 6.28. The molecule has 2 amide bonds. The molecular weight excluding hydrogens is 588 g/mol.